The predicted molar refractivity (Wildman–Crippen MR) is 53.3 cm³/mol. The first-order valence-corrected chi connectivity index (χ1v) is 4.81. The maximum absolute atomic E-state index is 7.31. The van der Waals surface area contributed by atoms with Crippen LogP contribution in [0.25, 0.3) is 0 Å². The van der Waals surface area contributed by atoms with E-state index in [2.05, 4.69) is 13.8 Å². The Kier molecular flexibility index (Phi) is 6.53. The summed E-state index contributed by atoms with van der Waals surface area (Å²) in [5, 5.41) is 7.31. The largest absolute Gasteiger partial charge is 0.370 e. The molecule has 0 aliphatic carbocycles. The van der Waals surface area contributed by atoms with Gasteiger partial charge in [0, 0.05) is 13.1 Å². The van der Waals surface area contributed by atoms with Crippen molar-refractivity contribution in [2.45, 2.75) is 39.5 Å². The molecule has 0 rings (SSSR count). The van der Waals surface area contributed by atoms with Gasteiger partial charge in [0.05, 0.1) is 0 Å². The normalized spacial score (nSPS) is 9.83. The van der Waals surface area contributed by atoms with Gasteiger partial charge in [-0.1, -0.05) is 26.7 Å². The number of unbranched alkanes of at least 4 members (excludes halogenated alkanes) is 2. The molecule has 0 aromatic carbocycles. The van der Waals surface area contributed by atoms with Crippen LogP contribution in [0.15, 0.2) is 0 Å². The summed E-state index contributed by atoms with van der Waals surface area (Å²) in [5.41, 5.74) is 5.43. The number of hydrogen-bond donors (Lipinski definition) is 2. The minimum atomic E-state index is 0.219. The lowest BCUT2D eigenvalue weighted by Gasteiger charge is -2.21. The van der Waals surface area contributed by atoms with Crippen molar-refractivity contribution in [1.82, 2.24) is 4.90 Å². The first kappa shape index (κ1) is 11.3. The van der Waals surface area contributed by atoms with Crippen LogP contribution in [-0.2, 0) is 0 Å². The lowest BCUT2D eigenvalue weighted by molar-refractivity contribution is 0.392. The summed E-state index contributed by atoms with van der Waals surface area (Å²) < 4.78 is 0. The Labute approximate surface area is 75.4 Å². The van der Waals surface area contributed by atoms with Gasteiger partial charge in [0.2, 0.25) is 0 Å². The van der Waals surface area contributed by atoms with Crippen LogP contribution in [0.3, 0.4) is 0 Å². The van der Waals surface area contributed by atoms with Crippen LogP contribution in [0, 0.1) is 5.41 Å². The van der Waals surface area contributed by atoms with Gasteiger partial charge in [0.1, 0.15) is 0 Å². The van der Waals surface area contributed by atoms with Crippen molar-refractivity contribution in [2.75, 3.05) is 13.1 Å². The second kappa shape index (κ2) is 6.95. The Balaban J connectivity index is 3.62. The number of nitrogens with zero attached hydrogens (tertiary/aromatic N) is 1. The van der Waals surface area contributed by atoms with E-state index in [-0.39, 0.29) is 5.96 Å². The maximum atomic E-state index is 7.31. The van der Waals surface area contributed by atoms with Crippen LogP contribution < -0.4 is 5.73 Å². The highest BCUT2D eigenvalue weighted by Crippen LogP contribution is 1.97. The zero-order valence-corrected chi connectivity index (χ0v) is 8.27. The van der Waals surface area contributed by atoms with Crippen LogP contribution in [0.2, 0.25) is 0 Å². The average Bonchev–Trinajstić information content (AvgIpc) is 2.04. The van der Waals surface area contributed by atoms with Crippen LogP contribution in [0.5, 0.6) is 0 Å². The minimum absolute atomic E-state index is 0.219. The standard InChI is InChI=1S/C9H21N3/c1-3-5-7-12(9(10)11)8-6-4-2/h3-8H2,1-2H3,(H3,10,11). The molecule has 0 amide bonds. The summed E-state index contributed by atoms with van der Waals surface area (Å²) in [6.07, 6.45) is 4.58. The van der Waals surface area contributed by atoms with Crippen LogP contribution in [0.1, 0.15) is 39.5 Å². The summed E-state index contributed by atoms with van der Waals surface area (Å²) in [4.78, 5) is 1.95. The first-order valence-electron chi connectivity index (χ1n) is 4.81. The molecular formula is C9H21N3. The van der Waals surface area contributed by atoms with Gasteiger partial charge < -0.3 is 10.6 Å². The van der Waals surface area contributed by atoms with E-state index in [4.69, 9.17) is 11.1 Å². The third-order valence-electron chi connectivity index (χ3n) is 1.90. The fourth-order valence-electron chi connectivity index (χ4n) is 1.05. The second-order valence-electron chi connectivity index (χ2n) is 3.08. The molecule has 0 aliphatic rings. The topological polar surface area (TPSA) is 53.1 Å². The molecule has 0 fully saturated rings. The molecule has 12 heavy (non-hydrogen) atoms. The predicted octanol–water partition coefficient (Wildman–Crippen LogP) is 1.78. The molecule has 0 aliphatic heterocycles. The average molecular weight is 171 g/mol. The Hall–Kier alpha value is -0.730. The van der Waals surface area contributed by atoms with Crippen LogP contribution >= 0.6 is 0 Å². The third kappa shape index (κ3) is 4.99. The number of rotatable bonds is 6. The SMILES string of the molecule is CCCCN(CCCC)C(=N)N. The summed E-state index contributed by atoms with van der Waals surface area (Å²) in [6.45, 7) is 6.17. The third-order valence-corrected chi connectivity index (χ3v) is 1.90. The van der Waals surface area contributed by atoms with E-state index in [1.54, 1.807) is 0 Å². The molecule has 0 aromatic rings. The Morgan fingerprint density at radius 2 is 1.58 bits per heavy atom. The van der Waals surface area contributed by atoms with E-state index < -0.39 is 0 Å². The fraction of sp³-hybridized carbons (Fsp3) is 0.889. The van der Waals surface area contributed by atoms with Gasteiger partial charge in [-0.25, -0.2) is 0 Å². The van der Waals surface area contributed by atoms with E-state index in [9.17, 15) is 0 Å². The number of guanidine groups is 1. The molecule has 3 N–H and O–H groups in total. The molecule has 0 spiro atoms. The quantitative estimate of drug-likeness (QED) is 0.473. The summed E-state index contributed by atoms with van der Waals surface area (Å²) in [7, 11) is 0. The van der Waals surface area contributed by atoms with Gasteiger partial charge >= 0.3 is 0 Å². The maximum Gasteiger partial charge on any atom is 0.188 e. The zero-order chi connectivity index (χ0) is 9.40. The zero-order valence-electron chi connectivity index (χ0n) is 8.27. The Bertz CT molecular complexity index is 115. The van der Waals surface area contributed by atoms with Crippen LogP contribution in [0.4, 0.5) is 0 Å². The molecule has 72 valence electrons. The van der Waals surface area contributed by atoms with Crippen molar-refractivity contribution in [3.8, 4) is 0 Å². The van der Waals surface area contributed by atoms with E-state index in [0.29, 0.717) is 0 Å². The highest BCUT2D eigenvalue weighted by atomic mass is 15.2. The highest BCUT2D eigenvalue weighted by molar-refractivity contribution is 5.74. The molecule has 3 nitrogen and oxygen atoms in total. The second-order valence-corrected chi connectivity index (χ2v) is 3.08. The molecule has 0 atom stereocenters. The van der Waals surface area contributed by atoms with Crippen molar-refractivity contribution in [2.24, 2.45) is 5.73 Å². The van der Waals surface area contributed by atoms with Gasteiger partial charge in [0.15, 0.2) is 5.96 Å². The van der Waals surface area contributed by atoms with Gasteiger partial charge in [-0.3, -0.25) is 5.41 Å². The molecule has 0 saturated heterocycles. The van der Waals surface area contributed by atoms with Crippen molar-refractivity contribution in [3.63, 3.8) is 0 Å². The van der Waals surface area contributed by atoms with Gasteiger partial charge in [-0.15, -0.1) is 0 Å². The lowest BCUT2D eigenvalue weighted by atomic mass is 10.3. The van der Waals surface area contributed by atoms with Crippen molar-refractivity contribution in [1.29, 1.82) is 5.41 Å². The summed E-state index contributed by atoms with van der Waals surface area (Å²) >= 11 is 0. The van der Waals surface area contributed by atoms with Crippen LogP contribution in [-0.4, -0.2) is 23.9 Å². The Morgan fingerprint density at radius 1 is 1.17 bits per heavy atom. The van der Waals surface area contributed by atoms with Gasteiger partial charge in [0.25, 0.3) is 0 Å². The lowest BCUT2D eigenvalue weighted by Crippen LogP contribution is -2.37. The van der Waals surface area contributed by atoms with E-state index in [1.807, 2.05) is 4.90 Å². The molecule has 0 saturated carbocycles. The Morgan fingerprint density at radius 3 is 1.83 bits per heavy atom. The molecule has 0 aromatic heterocycles. The molecule has 0 heterocycles. The number of nitrogens with one attached hydrogen (secondary N) is 1. The van der Waals surface area contributed by atoms with Gasteiger partial charge in [-0.2, -0.15) is 0 Å². The monoisotopic (exact) mass is 171 g/mol. The fourth-order valence-corrected chi connectivity index (χ4v) is 1.05. The summed E-state index contributed by atoms with van der Waals surface area (Å²) in [6, 6.07) is 0. The van der Waals surface area contributed by atoms with E-state index in [0.717, 1.165) is 38.8 Å². The van der Waals surface area contributed by atoms with Gasteiger partial charge in [-0.05, 0) is 12.8 Å². The van der Waals surface area contributed by atoms with E-state index in [1.165, 1.54) is 0 Å². The minimum Gasteiger partial charge on any atom is -0.370 e. The number of hydrogen-bond acceptors (Lipinski definition) is 1. The molecule has 0 bridgehead atoms. The summed E-state index contributed by atoms with van der Waals surface area (Å²) in [5.74, 6) is 0.219. The smallest absolute Gasteiger partial charge is 0.188 e. The van der Waals surface area contributed by atoms with E-state index >= 15 is 0 Å². The van der Waals surface area contributed by atoms with Crippen molar-refractivity contribution in [3.05, 3.63) is 0 Å². The van der Waals surface area contributed by atoms with Crippen molar-refractivity contribution >= 4 is 5.96 Å². The first-order chi connectivity index (χ1) is 5.72. The molecular weight excluding hydrogens is 150 g/mol. The molecule has 0 radical (unpaired) electrons. The molecule has 0 unspecified atom stereocenters. The highest BCUT2D eigenvalue weighted by Gasteiger charge is 2.03. The molecule has 3 heteroatoms. The van der Waals surface area contributed by atoms with Crippen molar-refractivity contribution < 1.29 is 0 Å². The number of nitrogens with two attached hydrogens (primary N) is 1.